The van der Waals surface area contributed by atoms with Crippen molar-refractivity contribution in [1.82, 2.24) is 9.88 Å². The fourth-order valence-corrected chi connectivity index (χ4v) is 2.34. The smallest absolute Gasteiger partial charge is 0.410 e. The van der Waals surface area contributed by atoms with Gasteiger partial charge in [0.1, 0.15) is 23.8 Å². The number of likely N-dealkylation sites (N-methyl/N-ethyl adjacent to an activating group) is 1. The molecule has 6 heteroatoms. The van der Waals surface area contributed by atoms with Crippen LogP contribution < -0.4 is 10.1 Å². The molecule has 1 N–H and O–H groups in total. The number of ether oxygens (including phenoxy) is 2. The van der Waals surface area contributed by atoms with E-state index in [-0.39, 0.29) is 6.09 Å². The van der Waals surface area contributed by atoms with E-state index in [0.29, 0.717) is 32.0 Å². The van der Waals surface area contributed by atoms with Crippen LogP contribution in [0.1, 0.15) is 33.3 Å². The molecule has 146 valence electrons. The fourth-order valence-electron chi connectivity index (χ4n) is 2.34. The number of nitrogens with zero attached hydrogens (tertiary/aromatic N) is 2. The number of pyridine rings is 1. The highest BCUT2D eigenvalue weighted by atomic mass is 16.6. The topological polar surface area (TPSA) is 63.7 Å². The molecule has 1 aromatic carbocycles. The van der Waals surface area contributed by atoms with Crippen molar-refractivity contribution in [2.24, 2.45) is 0 Å². The fraction of sp³-hybridized carbons (Fsp3) is 0.429. The van der Waals surface area contributed by atoms with Crippen LogP contribution >= 0.6 is 0 Å². The van der Waals surface area contributed by atoms with Gasteiger partial charge in [-0.1, -0.05) is 30.3 Å². The first kappa shape index (κ1) is 20.6. The summed E-state index contributed by atoms with van der Waals surface area (Å²) in [4.78, 5) is 18.1. The molecule has 27 heavy (non-hydrogen) atoms. The van der Waals surface area contributed by atoms with Gasteiger partial charge in [-0.25, -0.2) is 9.78 Å². The third-order valence-corrected chi connectivity index (χ3v) is 3.71. The van der Waals surface area contributed by atoms with Gasteiger partial charge in [0.25, 0.3) is 0 Å². The van der Waals surface area contributed by atoms with E-state index in [1.54, 1.807) is 11.1 Å². The van der Waals surface area contributed by atoms with Crippen LogP contribution in [0, 0.1) is 0 Å². The Balaban J connectivity index is 1.76. The molecule has 0 radical (unpaired) electrons. The zero-order valence-electron chi connectivity index (χ0n) is 16.6. The van der Waals surface area contributed by atoms with Gasteiger partial charge < -0.3 is 19.7 Å². The Morgan fingerprint density at radius 3 is 2.48 bits per heavy atom. The summed E-state index contributed by atoms with van der Waals surface area (Å²) < 4.78 is 11.1. The second-order valence-electron chi connectivity index (χ2n) is 7.14. The van der Waals surface area contributed by atoms with Crippen molar-refractivity contribution in [3.63, 3.8) is 0 Å². The summed E-state index contributed by atoms with van der Waals surface area (Å²) in [5.41, 5.74) is 0.621. The first-order chi connectivity index (χ1) is 12.9. The van der Waals surface area contributed by atoms with E-state index in [9.17, 15) is 4.79 Å². The van der Waals surface area contributed by atoms with Crippen LogP contribution in [0.5, 0.6) is 5.75 Å². The lowest BCUT2D eigenvalue weighted by molar-refractivity contribution is 0.0267. The van der Waals surface area contributed by atoms with Crippen LogP contribution in [0.15, 0.2) is 48.7 Å². The molecule has 0 aliphatic carbocycles. The molecule has 1 heterocycles. The second kappa shape index (κ2) is 9.80. The molecule has 0 spiro atoms. The number of aromatic nitrogens is 1. The van der Waals surface area contributed by atoms with E-state index in [1.807, 2.05) is 70.2 Å². The number of benzene rings is 1. The average Bonchev–Trinajstić information content (AvgIpc) is 2.64. The van der Waals surface area contributed by atoms with Crippen molar-refractivity contribution in [2.45, 2.75) is 39.9 Å². The van der Waals surface area contributed by atoms with Gasteiger partial charge in [-0.05, 0) is 45.4 Å². The molecule has 2 aromatic rings. The minimum Gasteiger partial charge on any atom is -0.487 e. The Morgan fingerprint density at radius 2 is 1.89 bits per heavy atom. The van der Waals surface area contributed by atoms with E-state index in [0.717, 1.165) is 11.4 Å². The highest BCUT2D eigenvalue weighted by Crippen LogP contribution is 2.14. The number of amides is 1. The van der Waals surface area contributed by atoms with Gasteiger partial charge in [-0.3, -0.25) is 0 Å². The summed E-state index contributed by atoms with van der Waals surface area (Å²) in [6.45, 7) is 9.75. The van der Waals surface area contributed by atoms with Crippen LogP contribution in [-0.4, -0.2) is 41.2 Å². The lowest BCUT2D eigenvalue weighted by Gasteiger charge is -2.26. The van der Waals surface area contributed by atoms with Gasteiger partial charge in [0.2, 0.25) is 0 Å². The number of hydrogen-bond acceptors (Lipinski definition) is 5. The molecular weight excluding hydrogens is 342 g/mol. The Morgan fingerprint density at radius 1 is 1.15 bits per heavy atom. The highest BCUT2D eigenvalue weighted by Gasteiger charge is 2.20. The van der Waals surface area contributed by atoms with Gasteiger partial charge >= 0.3 is 6.09 Å². The highest BCUT2D eigenvalue weighted by molar-refractivity contribution is 5.68. The number of rotatable bonds is 8. The van der Waals surface area contributed by atoms with Crippen LogP contribution in [0.2, 0.25) is 0 Å². The lowest BCUT2D eigenvalue weighted by Crippen LogP contribution is -2.39. The van der Waals surface area contributed by atoms with E-state index < -0.39 is 5.60 Å². The molecule has 6 nitrogen and oxygen atoms in total. The summed E-state index contributed by atoms with van der Waals surface area (Å²) in [5, 5.41) is 3.21. The average molecular weight is 371 g/mol. The van der Waals surface area contributed by atoms with Gasteiger partial charge in [0.15, 0.2) is 0 Å². The number of hydrogen-bond donors (Lipinski definition) is 1. The number of anilines is 1. The lowest BCUT2D eigenvalue weighted by atomic mass is 10.2. The predicted octanol–water partition coefficient (Wildman–Crippen LogP) is 4.33. The van der Waals surface area contributed by atoms with Crippen molar-refractivity contribution >= 4 is 11.9 Å². The third kappa shape index (κ3) is 7.56. The first-order valence-corrected chi connectivity index (χ1v) is 9.22. The molecule has 2 rings (SSSR count). The minimum absolute atomic E-state index is 0.301. The third-order valence-electron chi connectivity index (χ3n) is 3.71. The summed E-state index contributed by atoms with van der Waals surface area (Å²) in [6.07, 6.45) is 1.39. The number of carbonyl (C=O) groups is 1. The Labute approximate surface area is 161 Å². The van der Waals surface area contributed by atoms with Crippen molar-refractivity contribution in [2.75, 3.05) is 25.0 Å². The van der Waals surface area contributed by atoms with E-state index in [2.05, 4.69) is 10.3 Å². The first-order valence-electron chi connectivity index (χ1n) is 9.22. The Kier molecular flexibility index (Phi) is 7.46. The maximum atomic E-state index is 12.1. The van der Waals surface area contributed by atoms with Crippen LogP contribution in [0.25, 0.3) is 0 Å². The molecule has 0 saturated heterocycles. The maximum absolute atomic E-state index is 12.1. The minimum atomic E-state index is -0.491. The van der Waals surface area contributed by atoms with Crippen LogP contribution in [0.3, 0.4) is 0 Å². The number of nitrogens with one attached hydrogen (secondary N) is 1. The molecule has 1 aromatic heterocycles. The second-order valence-corrected chi connectivity index (χ2v) is 7.14. The summed E-state index contributed by atoms with van der Waals surface area (Å²) in [6, 6.07) is 13.7. The van der Waals surface area contributed by atoms with E-state index >= 15 is 0 Å². The molecule has 1 amide bonds. The molecule has 0 aliphatic rings. The molecular formula is C21H29N3O3. The molecule has 0 bridgehead atoms. The van der Waals surface area contributed by atoms with Gasteiger partial charge in [0, 0.05) is 19.6 Å². The zero-order chi connectivity index (χ0) is 19.7. The van der Waals surface area contributed by atoms with E-state index in [1.165, 1.54) is 0 Å². The van der Waals surface area contributed by atoms with E-state index in [4.69, 9.17) is 9.47 Å². The Bertz CT molecular complexity index is 697. The number of carbonyl (C=O) groups excluding carboxylic acids is 1. The predicted molar refractivity (Wildman–Crippen MR) is 107 cm³/mol. The van der Waals surface area contributed by atoms with Gasteiger partial charge in [-0.2, -0.15) is 0 Å². The SMILES string of the molecule is CCN(CCNc1ccc(OCc2ccccc2)cn1)C(=O)OC(C)(C)C. The van der Waals surface area contributed by atoms with Crippen molar-refractivity contribution in [3.8, 4) is 5.75 Å². The quantitative estimate of drug-likeness (QED) is 0.748. The maximum Gasteiger partial charge on any atom is 0.410 e. The molecule has 0 atom stereocenters. The van der Waals surface area contributed by atoms with Gasteiger partial charge in [0.05, 0.1) is 6.20 Å². The molecule has 0 saturated carbocycles. The zero-order valence-corrected chi connectivity index (χ0v) is 16.6. The van der Waals surface area contributed by atoms with Gasteiger partial charge in [-0.15, -0.1) is 0 Å². The standard InChI is InChI=1S/C21H29N3O3/c1-5-24(20(25)27-21(2,3)4)14-13-22-19-12-11-18(15-23-19)26-16-17-9-7-6-8-10-17/h6-12,15H,5,13-14,16H2,1-4H3,(H,22,23). The van der Waals surface area contributed by atoms with Crippen molar-refractivity contribution < 1.29 is 14.3 Å². The largest absolute Gasteiger partial charge is 0.487 e. The normalized spacial score (nSPS) is 11.0. The monoisotopic (exact) mass is 371 g/mol. The van der Waals surface area contributed by atoms with Crippen LogP contribution in [-0.2, 0) is 11.3 Å². The molecule has 0 aliphatic heterocycles. The summed E-state index contributed by atoms with van der Waals surface area (Å²) in [7, 11) is 0. The molecule has 0 unspecified atom stereocenters. The molecule has 0 fully saturated rings. The summed E-state index contributed by atoms with van der Waals surface area (Å²) in [5.74, 6) is 1.45. The summed E-state index contributed by atoms with van der Waals surface area (Å²) >= 11 is 0. The van der Waals surface area contributed by atoms with Crippen LogP contribution in [0.4, 0.5) is 10.6 Å². The van der Waals surface area contributed by atoms with Crippen molar-refractivity contribution in [3.05, 3.63) is 54.2 Å². The Hall–Kier alpha value is -2.76. The van der Waals surface area contributed by atoms with Crippen molar-refractivity contribution in [1.29, 1.82) is 0 Å².